The molecule has 0 saturated heterocycles. The molecule has 35 heavy (non-hydrogen) atoms. The van der Waals surface area contributed by atoms with Crippen molar-refractivity contribution in [3.05, 3.63) is 71.4 Å². The van der Waals surface area contributed by atoms with E-state index in [-0.39, 0.29) is 39.3 Å². The summed E-state index contributed by atoms with van der Waals surface area (Å²) in [7, 11) is -2.81. The Hall–Kier alpha value is -3.99. The molecule has 9 nitrogen and oxygen atoms in total. The molecule has 11 heteroatoms. The monoisotopic (exact) mass is 497 g/mol. The summed E-state index contributed by atoms with van der Waals surface area (Å²) < 4.78 is 49.4. The van der Waals surface area contributed by atoms with Crippen LogP contribution in [0.2, 0.25) is 0 Å². The maximum Gasteiger partial charge on any atom is 0.262 e. The van der Waals surface area contributed by atoms with Crippen molar-refractivity contribution in [2.45, 2.75) is 31.7 Å². The summed E-state index contributed by atoms with van der Waals surface area (Å²) in [5.74, 6) is -0.741. The molecule has 0 radical (unpaired) electrons. The lowest BCUT2D eigenvalue weighted by atomic mass is 10.0. The van der Waals surface area contributed by atoms with Crippen molar-refractivity contribution in [1.29, 1.82) is 0 Å². The number of methoxy groups -OCH3 is 1. The molecule has 2 aromatic carbocycles. The Bertz CT molecular complexity index is 1560. The lowest BCUT2D eigenvalue weighted by molar-refractivity contribution is 0.104. The lowest BCUT2D eigenvalue weighted by Crippen LogP contribution is -2.16. The molecule has 0 bridgehead atoms. The van der Waals surface area contributed by atoms with Crippen molar-refractivity contribution in [3.8, 4) is 5.75 Å². The highest BCUT2D eigenvalue weighted by atomic mass is 32.2. The zero-order valence-electron chi connectivity index (χ0n) is 19.5. The molecule has 0 amide bonds. The third kappa shape index (κ3) is 4.42. The first-order valence-corrected chi connectivity index (χ1v) is 12.1. The standard InChI is InChI=1S/C24H24FN5O4S/c1-13(2)30-11-17(21-23(26)27-12-28-24(21)30)22(31)15-6-8-19(34-4)18(9-15)29-35(32,33)20-10-16(25)7-5-14(20)3/h5-13,29H,1-4H3,(H2,26,27,28). The van der Waals surface area contributed by atoms with Gasteiger partial charge in [-0.1, -0.05) is 6.07 Å². The summed E-state index contributed by atoms with van der Waals surface area (Å²) in [5.41, 5.74) is 7.46. The number of sulfonamides is 1. The number of aryl methyl sites for hydroxylation is 1. The molecular weight excluding hydrogens is 473 g/mol. The normalized spacial score (nSPS) is 11.7. The number of carbonyl (C=O) groups excluding carboxylic acids is 1. The van der Waals surface area contributed by atoms with Gasteiger partial charge in [0.2, 0.25) is 0 Å². The van der Waals surface area contributed by atoms with Crippen LogP contribution in [-0.4, -0.2) is 35.8 Å². The van der Waals surface area contributed by atoms with Crippen LogP contribution in [0.25, 0.3) is 11.0 Å². The average Bonchev–Trinajstić information content (AvgIpc) is 3.21. The van der Waals surface area contributed by atoms with E-state index in [2.05, 4.69) is 14.7 Å². The average molecular weight is 498 g/mol. The van der Waals surface area contributed by atoms with Gasteiger partial charge in [-0.15, -0.1) is 0 Å². The first-order valence-electron chi connectivity index (χ1n) is 10.7. The quantitative estimate of drug-likeness (QED) is 0.368. The fourth-order valence-corrected chi connectivity index (χ4v) is 5.14. The van der Waals surface area contributed by atoms with Crippen molar-refractivity contribution >= 4 is 38.3 Å². The maximum atomic E-state index is 13.8. The summed E-state index contributed by atoms with van der Waals surface area (Å²) in [6, 6.07) is 7.85. The van der Waals surface area contributed by atoms with Crippen molar-refractivity contribution in [1.82, 2.24) is 14.5 Å². The van der Waals surface area contributed by atoms with Gasteiger partial charge in [0.25, 0.3) is 10.0 Å². The molecule has 0 aliphatic carbocycles. The zero-order chi connectivity index (χ0) is 25.5. The molecule has 0 aliphatic heterocycles. The van der Waals surface area contributed by atoms with Crippen LogP contribution in [0.5, 0.6) is 5.75 Å². The first kappa shape index (κ1) is 24.1. The lowest BCUT2D eigenvalue weighted by Gasteiger charge is -2.14. The van der Waals surface area contributed by atoms with Crippen LogP contribution in [0.3, 0.4) is 0 Å². The van der Waals surface area contributed by atoms with E-state index in [1.54, 1.807) is 13.1 Å². The molecule has 2 aromatic heterocycles. The van der Waals surface area contributed by atoms with Gasteiger partial charge in [0.05, 0.1) is 28.6 Å². The molecule has 182 valence electrons. The number of aromatic nitrogens is 3. The Morgan fingerprint density at radius 3 is 2.60 bits per heavy atom. The second-order valence-corrected chi connectivity index (χ2v) is 9.91. The number of ether oxygens (including phenoxy) is 1. The highest BCUT2D eigenvalue weighted by Gasteiger charge is 2.24. The molecule has 0 saturated carbocycles. The van der Waals surface area contributed by atoms with Crippen LogP contribution in [0.4, 0.5) is 15.9 Å². The SMILES string of the molecule is COc1ccc(C(=O)c2cn(C(C)C)c3ncnc(N)c23)cc1NS(=O)(=O)c1cc(F)ccc1C. The van der Waals surface area contributed by atoms with Crippen LogP contribution in [0, 0.1) is 12.7 Å². The highest BCUT2D eigenvalue weighted by molar-refractivity contribution is 7.92. The Balaban J connectivity index is 1.80. The minimum Gasteiger partial charge on any atom is -0.495 e. The number of anilines is 2. The number of hydrogen-bond donors (Lipinski definition) is 2. The zero-order valence-corrected chi connectivity index (χ0v) is 20.4. The van der Waals surface area contributed by atoms with E-state index < -0.39 is 21.6 Å². The molecule has 2 heterocycles. The molecule has 4 aromatic rings. The molecule has 4 rings (SSSR count). The van der Waals surface area contributed by atoms with Crippen LogP contribution < -0.4 is 15.2 Å². The third-order valence-corrected chi connectivity index (χ3v) is 7.09. The Labute approximate surface area is 201 Å². The number of nitrogens with two attached hydrogens (primary N) is 1. The minimum absolute atomic E-state index is 0.00101. The number of benzene rings is 2. The topological polar surface area (TPSA) is 129 Å². The van der Waals surface area contributed by atoms with Crippen LogP contribution in [-0.2, 0) is 10.0 Å². The molecule has 0 fully saturated rings. The van der Waals surface area contributed by atoms with E-state index in [4.69, 9.17) is 10.5 Å². The number of nitrogen functional groups attached to an aromatic ring is 1. The number of carbonyl (C=O) groups is 1. The second kappa shape index (κ2) is 8.99. The molecule has 0 atom stereocenters. The number of fused-ring (bicyclic) bond motifs is 1. The van der Waals surface area contributed by atoms with Gasteiger partial charge in [-0.3, -0.25) is 9.52 Å². The van der Waals surface area contributed by atoms with Gasteiger partial charge in [-0.25, -0.2) is 22.8 Å². The van der Waals surface area contributed by atoms with E-state index in [1.165, 1.54) is 43.8 Å². The third-order valence-electron chi connectivity index (χ3n) is 5.59. The summed E-state index contributed by atoms with van der Waals surface area (Å²) in [4.78, 5) is 21.6. The summed E-state index contributed by atoms with van der Waals surface area (Å²) >= 11 is 0. The van der Waals surface area contributed by atoms with E-state index in [0.717, 1.165) is 6.07 Å². The van der Waals surface area contributed by atoms with Gasteiger partial charge in [0, 0.05) is 17.8 Å². The van der Waals surface area contributed by atoms with E-state index in [9.17, 15) is 17.6 Å². The van der Waals surface area contributed by atoms with E-state index in [0.29, 0.717) is 16.6 Å². The largest absolute Gasteiger partial charge is 0.495 e. The predicted molar refractivity (Wildman–Crippen MR) is 131 cm³/mol. The van der Waals surface area contributed by atoms with Crippen molar-refractivity contribution in [2.24, 2.45) is 0 Å². The fraction of sp³-hybridized carbons (Fsp3) is 0.208. The minimum atomic E-state index is -4.18. The highest BCUT2D eigenvalue weighted by Crippen LogP contribution is 2.32. The summed E-state index contributed by atoms with van der Waals surface area (Å²) in [6.07, 6.45) is 2.99. The maximum absolute atomic E-state index is 13.8. The van der Waals surface area contributed by atoms with Crippen LogP contribution in [0.15, 0.2) is 53.8 Å². The molecular formula is C24H24FN5O4S. The van der Waals surface area contributed by atoms with Gasteiger partial charge < -0.3 is 15.0 Å². The van der Waals surface area contributed by atoms with Gasteiger partial charge in [0.1, 0.15) is 29.4 Å². The fourth-order valence-electron chi connectivity index (χ4n) is 3.82. The molecule has 0 aliphatic rings. The van der Waals surface area contributed by atoms with Gasteiger partial charge in [-0.2, -0.15) is 0 Å². The van der Waals surface area contributed by atoms with Crippen LogP contribution in [0.1, 0.15) is 41.4 Å². The Kier molecular flexibility index (Phi) is 6.20. The molecule has 3 N–H and O–H groups in total. The van der Waals surface area contributed by atoms with Crippen molar-refractivity contribution < 1.29 is 22.3 Å². The van der Waals surface area contributed by atoms with E-state index >= 15 is 0 Å². The van der Waals surface area contributed by atoms with Crippen molar-refractivity contribution in [2.75, 3.05) is 17.6 Å². The van der Waals surface area contributed by atoms with Crippen molar-refractivity contribution in [3.63, 3.8) is 0 Å². The Morgan fingerprint density at radius 1 is 1.17 bits per heavy atom. The van der Waals surface area contributed by atoms with Crippen LogP contribution >= 0.6 is 0 Å². The Morgan fingerprint density at radius 2 is 1.91 bits per heavy atom. The van der Waals surface area contributed by atoms with Gasteiger partial charge >= 0.3 is 0 Å². The smallest absolute Gasteiger partial charge is 0.262 e. The summed E-state index contributed by atoms with van der Waals surface area (Å²) in [6.45, 7) is 5.45. The summed E-state index contributed by atoms with van der Waals surface area (Å²) in [5, 5.41) is 0.416. The van der Waals surface area contributed by atoms with Gasteiger partial charge in [0.15, 0.2) is 5.78 Å². The second-order valence-electron chi connectivity index (χ2n) is 8.26. The number of nitrogens with one attached hydrogen (secondary N) is 1. The first-order chi connectivity index (χ1) is 16.5. The molecule has 0 spiro atoms. The number of halogens is 1. The number of hydrogen-bond acceptors (Lipinski definition) is 7. The number of ketones is 1. The predicted octanol–water partition coefficient (Wildman–Crippen LogP) is 4.08. The van der Waals surface area contributed by atoms with Gasteiger partial charge in [-0.05, 0) is 56.7 Å². The van der Waals surface area contributed by atoms with E-state index in [1.807, 2.05) is 18.4 Å². The molecule has 0 unspecified atom stereocenters. The number of nitrogens with zero attached hydrogens (tertiary/aromatic N) is 3. The number of rotatable bonds is 7.